The fourth-order valence-corrected chi connectivity index (χ4v) is 6.30. The fraction of sp³-hybridized carbons (Fsp3) is 0.538. The predicted molar refractivity (Wildman–Crippen MR) is 147 cm³/mol. The Hall–Kier alpha value is -2.56. The van der Waals surface area contributed by atoms with Gasteiger partial charge in [-0.25, -0.2) is 15.0 Å². The van der Waals surface area contributed by atoms with E-state index in [1.807, 2.05) is 18.6 Å². The van der Waals surface area contributed by atoms with Gasteiger partial charge in [-0.2, -0.15) is 0 Å². The molecular formula is C26H36BN6O2Si. The normalized spacial score (nSPS) is 18.2. The van der Waals surface area contributed by atoms with Crippen LogP contribution in [0.3, 0.4) is 0 Å². The van der Waals surface area contributed by atoms with Crippen LogP contribution in [0.4, 0.5) is 5.69 Å². The van der Waals surface area contributed by atoms with E-state index in [1.54, 1.807) is 13.7 Å². The molecule has 0 atom stereocenters. The first-order valence-electron chi connectivity index (χ1n) is 13.0. The summed E-state index contributed by atoms with van der Waals surface area (Å²) in [6, 6.07) is 3.29. The number of fused-ring (bicyclic) bond motifs is 1. The third-order valence-electron chi connectivity index (χ3n) is 7.74. The number of carbonyl (C=O) groups is 1. The zero-order valence-corrected chi connectivity index (χ0v) is 22.7. The van der Waals surface area contributed by atoms with E-state index in [-0.39, 0.29) is 0 Å². The number of carbonyl (C=O) groups excluding carboxylic acids is 1. The first kappa shape index (κ1) is 25.1. The molecule has 1 spiro atoms. The van der Waals surface area contributed by atoms with Gasteiger partial charge in [-0.15, -0.1) is 0 Å². The van der Waals surface area contributed by atoms with E-state index < -0.39 is 8.07 Å². The summed E-state index contributed by atoms with van der Waals surface area (Å²) in [4.78, 5) is 29.0. The summed E-state index contributed by atoms with van der Waals surface area (Å²) in [6.45, 7) is 12.3. The molecule has 10 heteroatoms. The van der Waals surface area contributed by atoms with Crippen LogP contribution in [0.1, 0.15) is 19.3 Å². The number of hydrogen-bond donors (Lipinski definition) is 0. The van der Waals surface area contributed by atoms with Crippen LogP contribution in [0.15, 0.2) is 37.2 Å². The number of pyridine rings is 1. The van der Waals surface area contributed by atoms with Crippen molar-refractivity contribution in [3.63, 3.8) is 0 Å². The third-order valence-corrected chi connectivity index (χ3v) is 9.45. The molecular weight excluding hydrogens is 467 g/mol. The number of piperidine rings is 1. The molecule has 1 radical (unpaired) electrons. The SMILES string of the molecule is C[Si](C)(C)CCOCn1cc(-c2cncnc2)c2c(N3CCC4(CCN([B]C=O)CC4)C3)ccnc21. The van der Waals surface area contributed by atoms with Crippen LogP contribution in [-0.2, 0) is 16.3 Å². The molecule has 0 aromatic carbocycles. The number of nitrogens with zero attached hydrogens (tertiary/aromatic N) is 6. The Morgan fingerprint density at radius 1 is 1.14 bits per heavy atom. The Balaban J connectivity index is 1.43. The molecule has 2 saturated heterocycles. The van der Waals surface area contributed by atoms with E-state index in [2.05, 4.69) is 56.2 Å². The second-order valence-electron chi connectivity index (χ2n) is 11.5. The quantitative estimate of drug-likeness (QED) is 0.249. The molecule has 189 valence electrons. The largest absolute Gasteiger partial charge is 0.370 e. The van der Waals surface area contributed by atoms with E-state index in [0.29, 0.717) is 12.1 Å². The average Bonchev–Trinajstić information content (AvgIpc) is 3.46. The second-order valence-corrected chi connectivity index (χ2v) is 17.1. The summed E-state index contributed by atoms with van der Waals surface area (Å²) in [5, 5.41) is 1.14. The smallest absolute Gasteiger partial charge is 0.293 e. The van der Waals surface area contributed by atoms with E-state index in [1.165, 1.54) is 12.1 Å². The van der Waals surface area contributed by atoms with Crippen LogP contribution in [-0.4, -0.2) is 78.8 Å². The lowest BCUT2D eigenvalue weighted by atomic mass is 9.75. The highest BCUT2D eigenvalue weighted by Crippen LogP contribution is 2.44. The van der Waals surface area contributed by atoms with Crippen molar-refractivity contribution in [2.24, 2.45) is 5.41 Å². The summed E-state index contributed by atoms with van der Waals surface area (Å²) >= 11 is 0. The molecule has 2 aliphatic rings. The van der Waals surface area contributed by atoms with Gasteiger partial charge in [-0.05, 0) is 49.9 Å². The zero-order chi connectivity index (χ0) is 25.2. The molecule has 5 heterocycles. The van der Waals surface area contributed by atoms with Gasteiger partial charge in [0.05, 0.1) is 11.6 Å². The molecule has 0 bridgehead atoms. The molecule has 8 nitrogen and oxygen atoms in total. The molecule has 2 fully saturated rings. The minimum Gasteiger partial charge on any atom is -0.370 e. The monoisotopic (exact) mass is 503 g/mol. The highest BCUT2D eigenvalue weighted by atomic mass is 28.3. The third kappa shape index (κ3) is 5.40. The minimum atomic E-state index is -1.15. The van der Waals surface area contributed by atoms with Crippen LogP contribution >= 0.6 is 0 Å². The van der Waals surface area contributed by atoms with Crippen LogP contribution in [0.5, 0.6) is 0 Å². The van der Waals surface area contributed by atoms with Gasteiger partial charge < -0.3 is 23.8 Å². The van der Waals surface area contributed by atoms with E-state index in [9.17, 15) is 4.79 Å². The number of aromatic nitrogens is 4. The lowest BCUT2D eigenvalue weighted by Gasteiger charge is -2.38. The van der Waals surface area contributed by atoms with Gasteiger partial charge in [0.15, 0.2) is 0 Å². The minimum absolute atomic E-state index is 0.307. The number of hydrogen-bond acceptors (Lipinski definition) is 7. The lowest BCUT2D eigenvalue weighted by molar-refractivity contribution is 0.0899. The van der Waals surface area contributed by atoms with E-state index >= 15 is 0 Å². The Kier molecular flexibility index (Phi) is 7.28. The summed E-state index contributed by atoms with van der Waals surface area (Å²) < 4.78 is 8.25. The molecule has 36 heavy (non-hydrogen) atoms. The molecule has 5 rings (SSSR count). The molecule has 0 saturated carbocycles. The van der Waals surface area contributed by atoms with Crippen molar-refractivity contribution in [2.75, 3.05) is 37.7 Å². The summed E-state index contributed by atoms with van der Waals surface area (Å²) in [5.74, 6) is 0. The molecule has 0 unspecified atom stereocenters. The highest BCUT2D eigenvalue weighted by molar-refractivity contribution is 6.76. The maximum absolute atomic E-state index is 10.9. The van der Waals surface area contributed by atoms with Gasteiger partial charge in [-0.3, -0.25) is 0 Å². The molecule has 3 aromatic rings. The van der Waals surface area contributed by atoms with Gasteiger partial charge in [0.2, 0.25) is 0 Å². The second kappa shape index (κ2) is 10.4. The average molecular weight is 504 g/mol. The van der Waals surface area contributed by atoms with Crippen LogP contribution < -0.4 is 4.90 Å². The fourth-order valence-electron chi connectivity index (χ4n) is 5.54. The van der Waals surface area contributed by atoms with Crippen molar-refractivity contribution < 1.29 is 9.53 Å². The standard InChI is InChI=1S/C26H36BN6O2Si/c1-36(2,3)13-12-35-20-32-16-22(21-14-28-19-29-15-21)24-23(4-8-30-25(24)32)31-9-5-26(17-31)6-10-33(11-7-26)27-18-34/h4,8,14-16,18-19H,5-7,9-13,17,20H2,1-3H3. The molecule has 0 aliphatic carbocycles. The zero-order valence-electron chi connectivity index (χ0n) is 21.7. The van der Waals surface area contributed by atoms with Gasteiger partial charge in [-0.1, -0.05) is 19.6 Å². The maximum Gasteiger partial charge on any atom is 0.293 e. The molecule has 0 N–H and O–H groups in total. The van der Waals surface area contributed by atoms with Crippen molar-refractivity contribution in [3.8, 4) is 11.1 Å². The highest BCUT2D eigenvalue weighted by Gasteiger charge is 2.41. The lowest BCUT2D eigenvalue weighted by Crippen LogP contribution is -2.43. The summed E-state index contributed by atoms with van der Waals surface area (Å²) in [5.41, 5.74) is 4.55. The van der Waals surface area contributed by atoms with Crippen molar-refractivity contribution in [3.05, 3.63) is 37.2 Å². The number of rotatable bonds is 9. The Bertz CT molecular complexity index is 1190. The number of ether oxygens (including phenoxy) is 1. The van der Waals surface area contributed by atoms with Crippen molar-refractivity contribution in [2.45, 2.75) is 51.7 Å². The van der Waals surface area contributed by atoms with E-state index in [0.717, 1.165) is 80.0 Å². The van der Waals surface area contributed by atoms with Crippen LogP contribution in [0.25, 0.3) is 22.2 Å². The number of anilines is 1. The molecule has 2 aliphatic heterocycles. The molecule has 0 amide bonds. The summed E-state index contributed by atoms with van der Waals surface area (Å²) in [7, 11) is 0.542. The Morgan fingerprint density at radius 2 is 1.89 bits per heavy atom. The van der Waals surface area contributed by atoms with E-state index in [4.69, 9.17) is 9.72 Å². The van der Waals surface area contributed by atoms with Crippen LogP contribution in [0.2, 0.25) is 25.7 Å². The van der Waals surface area contributed by atoms with Gasteiger partial charge >= 0.3 is 0 Å². The van der Waals surface area contributed by atoms with Crippen molar-refractivity contribution in [1.82, 2.24) is 24.3 Å². The first-order valence-corrected chi connectivity index (χ1v) is 16.7. The summed E-state index contributed by atoms with van der Waals surface area (Å²) in [6.07, 6.45) is 13.7. The molecule has 3 aromatic heterocycles. The van der Waals surface area contributed by atoms with Crippen LogP contribution in [0, 0.1) is 5.41 Å². The first-order chi connectivity index (χ1) is 17.4. The maximum atomic E-state index is 10.9. The Labute approximate surface area is 215 Å². The van der Waals surface area contributed by atoms with Gasteiger partial charge in [0.1, 0.15) is 18.7 Å². The van der Waals surface area contributed by atoms with Gasteiger partial charge in [0.25, 0.3) is 7.41 Å². The van der Waals surface area contributed by atoms with Crippen molar-refractivity contribution in [1.29, 1.82) is 0 Å². The predicted octanol–water partition coefficient (Wildman–Crippen LogP) is 3.91. The van der Waals surface area contributed by atoms with Gasteiger partial charge in [0, 0.05) is 69.4 Å². The topological polar surface area (TPSA) is 76.4 Å². The Morgan fingerprint density at radius 3 is 2.61 bits per heavy atom. The van der Waals surface area contributed by atoms with Crippen molar-refractivity contribution >= 4 is 38.4 Å².